The van der Waals surface area contributed by atoms with Crippen LogP contribution in [-0.2, 0) is 17.8 Å². The van der Waals surface area contributed by atoms with Gasteiger partial charge in [-0.1, -0.05) is 12.1 Å². The molecule has 7 nitrogen and oxygen atoms in total. The van der Waals surface area contributed by atoms with E-state index in [1.54, 1.807) is 4.90 Å². The van der Waals surface area contributed by atoms with Crippen LogP contribution in [0.1, 0.15) is 33.7 Å². The molecule has 0 aliphatic carbocycles. The van der Waals surface area contributed by atoms with E-state index in [0.717, 1.165) is 35.5 Å². The summed E-state index contributed by atoms with van der Waals surface area (Å²) in [6, 6.07) is 7.61. The summed E-state index contributed by atoms with van der Waals surface area (Å²) in [5.41, 5.74) is 9.35. The van der Waals surface area contributed by atoms with E-state index in [1.165, 1.54) is 0 Å². The maximum Gasteiger partial charge on any atom is 0.279 e. The maximum absolute atomic E-state index is 13.1. The van der Waals surface area contributed by atoms with E-state index in [0.29, 0.717) is 12.2 Å². The number of amides is 2. The number of nitrogens with zero attached hydrogens (tertiary/aromatic N) is 2. The van der Waals surface area contributed by atoms with Crippen molar-refractivity contribution in [2.75, 3.05) is 18.0 Å². The smallest absolute Gasteiger partial charge is 0.279 e. The highest BCUT2D eigenvalue weighted by Crippen LogP contribution is 2.22. The first-order chi connectivity index (χ1) is 11.6. The Balaban J connectivity index is 1.94. The van der Waals surface area contributed by atoms with Crippen LogP contribution in [0.15, 0.2) is 24.3 Å². The van der Waals surface area contributed by atoms with Crippen molar-refractivity contribution in [2.45, 2.75) is 26.3 Å². The van der Waals surface area contributed by atoms with E-state index in [1.807, 2.05) is 31.2 Å². The standard InChI is InChI=1S/C17H21N5O2/c1-11-3-2-4-12(9-11)22(8-6-15(18)23)17(24)16-13-10-19-7-5-14(13)20-21-16/h2-4,9,19H,5-8,10H2,1H3,(H2,18,23)(H,20,21). The predicted molar refractivity (Wildman–Crippen MR) is 90.7 cm³/mol. The van der Waals surface area contributed by atoms with E-state index in [2.05, 4.69) is 15.5 Å². The number of benzene rings is 1. The summed E-state index contributed by atoms with van der Waals surface area (Å²) in [5, 5.41) is 10.4. The molecule has 126 valence electrons. The van der Waals surface area contributed by atoms with Gasteiger partial charge in [0.2, 0.25) is 5.91 Å². The molecular weight excluding hydrogens is 306 g/mol. The number of rotatable bonds is 5. The van der Waals surface area contributed by atoms with Crippen molar-refractivity contribution < 1.29 is 9.59 Å². The molecule has 7 heteroatoms. The summed E-state index contributed by atoms with van der Waals surface area (Å²) in [5.74, 6) is -0.658. The molecule has 0 atom stereocenters. The highest BCUT2D eigenvalue weighted by Gasteiger charge is 2.26. The Kier molecular flexibility index (Phi) is 4.61. The number of nitrogens with one attached hydrogen (secondary N) is 2. The highest BCUT2D eigenvalue weighted by molar-refractivity contribution is 6.06. The van der Waals surface area contributed by atoms with Crippen LogP contribution in [-0.4, -0.2) is 35.1 Å². The summed E-state index contributed by atoms with van der Waals surface area (Å²) < 4.78 is 0. The number of carbonyl (C=O) groups is 2. The zero-order valence-electron chi connectivity index (χ0n) is 13.6. The lowest BCUT2D eigenvalue weighted by Gasteiger charge is -2.23. The second-order valence-corrected chi connectivity index (χ2v) is 5.97. The van der Waals surface area contributed by atoms with Crippen molar-refractivity contribution in [1.29, 1.82) is 0 Å². The molecule has 0 fully saturated rings. The average molecular weight is 327 g/mol. The third kappa shape index (κ3) is 3.30. The second kappa shape index (κ2) is 6.84. The molecular formula is C17H21N5O2. The van der Waals surface area contributed by atoms with Crippen molar-refractivity contribution in [3.05, 3.63) is 46.8 Å². The van der Waals surface area contributed by atoms with Crippen molar-refractivity contribution in [1.82, 2.24) is 15.5 Å². The number of carbonyl (C=O) groups excluding carboxylic acids is 2. The first-order valence-corrected chi connectivity index (χ1v) is 8.00. The van der Waals surface area contributed by atoms with Gasteiger partial charge in [0.1, 0.15) is 0 Å². The quantitative estimate of drug-likeness (QED) is 0.758. The number of nitrogens with two attached hydrogens (primary N) is 1. The van der Waals surface area contributed by atoms with Crippen molar-refractivity contribution in [3.8, 4) is 0 Å². The third-order valence-corrected chi connectivity index (χ3v) is 4.15. The number of hydrogen-bond donors (Lipinski definition) is 3. The minimum atomic E-state index is -0.439. The summed E-state index contributed by atoms with van der Waals surface area (Å²) in [6.07, 6.45) is 0.923. The predicted octanol–water partition coefficient (Wildman–Crippen LogP) is 0.886. The van der Waals surface area contributed by atoms with Gasteiger partial charge in [-0.25, -0.2) is 0 Å². The molecule has 1 aliphatic heterocycles. The fourth-order valence-corrected chi connectivity index (χ4v) is 2.90. The molecule has 0 unspecified atom stereocenters. The molecule has 2 amide bonds. The molecule has 0 bridgehead atoms. The number of hydrogen-bond acceptors (Lipinski definition) is 4. The molecule has 0 radical (unpaired) electrons. The average Bonchev–Trinajstić information content (AvgIpc) is 2.98. The Bertz CT molecular complexity index is 768. The Labute approximate surface area is 140 Å². The number of fused-ring (bicyclic) bond motifs is 1. The van der Waals surface area contributed by atoms with Gasteiger partial charge in [-0.2, -0.15) is 5.10 Å². The van der Waals surface area contributed by atoms with Crippen LogP contribution in [0.3, 0.4) is 0 Å². The van der Waals surface area contributed by atoms with E-state index < -0.39 is 5.91 Å². The summed E-state index contributed by atoms with van der Waals surface area (Å²) in [7, 11) is 0. The van der Waals surface area contributed by atoms with Crippen LogP contribution >= 0.6 is 0 Å². The normalized spacial score (nSPS) is 13.4. The molecule has 1 aliphatic rings. The summed E-state index contributed by atoms with van der Waals surface area (Å²) >= 11 is 0. The largest absolute Gasteiger partial charge is 0.370 e. The second-order valence-electron chi connectivity index (χ2n) is 5.97. The minimum absolute atomic E-state index is 0.102. The van der Waals surface area contributed by atoms with Gasteiger partial charge in [0.15, 0.2) is 5.69 Å². The van der Waals surface area contributed by atoms with Gasteiger partial charge in [-0.05, 0) is 24.6 Å². The van der Waals surface area contributed by atoms with Crippen LogP contribution in [0.4, 0.5) is 5.69 Å². The molecule has 0 saturated heterocycles. The number of aromatic amines is 1. The molecule has 1 aromatic carbocycles. The third-order valence-electron chi connectivity index (χ3n) is 4.15. The van der Waals surface area contributed by atoms with Crippen molar-refractivity contribution in [3.63, 3.8) is 0 Å². The van der Waals surface area contributed by atoms with Crippen LogP contribution < -0.4 is 16.0 Å². The van der Waals surface area contributed by atoms with E-state index in [4.69, 9.17) is 5.73 Å². The first kappa shape index (κ1) is 16.2. The number of H-pyrrole nitrogens is 1. The van der Waals surface area contributed by atoms with Gasteiger partial charge < -0.3 is 16.0 Å². The van der Waals surface area contributed by atoms with Gasteiger partial charge in [0.05, 0.1) is 0 Å². The molecule has 3 rings (SSSR count). The van der Waals surface area contributed by atoms with Crippen LogP contribution in [0.2, 0.25) is 0 Å². The van der Waals surface area contributed by atoms with Gasteiger partial charge in [0.25, 0.3) is 5.91 Å². The Morgan fingerprint density at radius 3 is 2.96 bits per heavy atom. The zero-order chi connectivity index (χ0) is 17.1. The number of anilines is 1. The summed E-state index contributed by atoms with van der Waals surface area (Å²) in [6.45, 7) is 3.67. The Hall–Kier alpha value is -2.67. The number of primary amides is 1. The maximum atomic E-state index is 13.1. The molecule has 4 N–H and O–H groups in total. The molecule has 24 heavy (non-hydrogen) atoms. The fourth-order valence-electron chi connectivity index (χ4n) is 2.90. The molecule has 0 spiro atoms. The SMILES string of the molecule is Cc1cccc(N(CCC(N)=O)C(=O)c2n[nH]c3c2CNCC3)c1. The number of aryl methyl sites for hydroxylation is 1. The van der Waals surface area contributed by atoms with Crippen LogP contribution in [0, 0.1) is 6.92 Å². The minimum Gasteiger partial charge on any atom is -0.370 e. The van der Waals surface area contributed by atoms with Crippen LogP contribution in [0.25, 0.3) is 0 Å². The van der Waals surface area contributed by atoms with E-state index in [9.17, 15) is 9.59 Å². The molecule has 0 saturated carbocycles. The zero-order valence-corrected chi connectivity index (χ0v) is 13.6. The Morgan fingerprint density at radius 2 is 2.21 bits per heavy atom. The molecule has 2 heterocycles. The van der Waals surface area contributed by atoms with Gasteiger partial charge in [-0.3, -0.25) is 14.7 Å². The van der Waals surface area contributed by atoms with Gasteiger partial charge in [0, 0.05) is 49.4 Å². The fraction of sp³-hybridized carbons (Fsp3) is 0.353. The van der Waals surface area contributed by atoms with Crippen molar-refractivity contribution in [2.24, 2.45) is 5.73 Å². The molecule has 2 aromatic rings. The topological polar surface area (TPSA) is 104 Å². The van der Waals surface area contributed by atoms with Gasteiger partial charge in [-0.15, -0.1) is 0 Å². The molecule has 1 aromatic heterocycles. The van der Waals surface area contributed by atoms with E-state index >= 15 is 0 Å². The lowest BCUT2D eigenvalue weighted by Crippen LogP contribution is -2.35. The lowest BCUT2D eigenvalue weighted by atomic mass is 10.1. The first-order valence-electron chi connectivity index (χ1n) is 8.00. The van der Waals surface area contributed by atoms with Crippen molar-refractivity contribution >= 4 is 17.5 Å². The van der Waals surface area contributed by atoms with Gasteiger partial charge >= 0.3 is 0 Å². The lowest BCUT2D eigenvalue weighted by molar-refractivity contribution is -0.117. The summed E-state index contributed by atoms with van der Waals surface area (Å²) in [4.78, 5) is 25.8. The highest BCUT2D eigenvalue weighted by atomic mass is 16.2. The Morgan fingerprint density at radius 1 is 1.38 bits per heavy atom. The monoisotopic (exact) mass is 327 g/mol. The van der Waals surface area contributed by atoms with E-state index in [-0.39, 0.29) is 18.9 Å². The number of aromatic nitrogens is 2. The van der Waals surface area contributed by atoms with Crippen LogP contribution in [0.5, 0.6) is 0 Å².